The molecule has 10 heteroatoms. The lowest BCUT2D eigenvalue weighted by Gasteiger charge is -2.24. The van der Waals surface area contributed by atoms with Crippen LogP contribution in [-0.4, -0.2) is 38.4 Å². The first kappa shape index (κ1) is 23.4. The smallest absolute Gasteiger partial charge is 0.410 e. The normalized spacial score (nSPS) is 11.5. The van der Waals surface area contributed by atoms with Crippen LogP contribution < -0.4 is 0 Å². The van der Waals surface area contributed by atoms with Gasteiger partial charge in [-0.2, -0.15) is 5.10 Å². The molecule has 0 spiro atoms. The van der Waals surface area contributed by atoms with E-state index in [1.165, 1.54) is 27.4 Å². The summed E-state index contributed by atoms with van der Waals surface area (Å²) in [5, 5.41) is 5.50. The van der Waals surface area contributed by atoms with Gasteiger partial charge >= 0.3 is 6.09 Å². The SMILES string of the molecule is CN(Cc1cc(Sc2ccc(Cl)nc2)n(-c2cccc(Cl)c2F)n1)C(=O)OC(C)(C)C. The summed E-state index contributed by atoms with van der Waals surface area (Å²) < 4.78 is 21.6. The van der Waals surface area contributed by atoms with Gasteiger partial charge in [-0.3, -0.25) is 0 Å². The number of nitrogens with zero attached hydrogens (tertiary/aromatic N) is 4. The highest BCUT2D eigenvalue weighted by molar-refractivity contribution is 7.99. The van der Waals surface area contributed by atoms with E-state index < -0.39 is 17.5 Å². The van der Waals surface area contributed by atoms with Gasteiger partial charge in [-0.25, -0.2) is 18.9 Å². The molecule has 0 atom stereocenters. The molecule has 3 aromatic rings. The van der Waals surface area contributed by atoms with Gasteiger partial charge in [0.2, 0.25) is 0 Å². The Morgan fingerprint density at radius 3 is 2.65 bits per heavy atom. The molecular weight excluding hydrogens is 462 g/mol. The van der Waals surface area contributed by atoms with Crippen molar-refractivity contribution >= 4 is 41.1 Å². The van der Waals surface area contributed by atoms with Gasteiger partial charge in [0.15, 0.2) is 5.82 Å². The molecule has 6 nitrogen and oxygen atoms in total. The molecule has 0 aliphatic rings. The molecule has 1 amide bonds. The van der Waals surface area contributed by atoms with Gasteiger partial charge in [0.05, 0.1) is 17.3 Å². The second kappa shape index (κ2) is 9.46. The van der Waals surface area contributed by atoms with E-state index in [9.17, 15) is 9.18 Å². The van der Waals surface area contributed by atoms with Crippen molar-refractivity contribution in [2.75, 3.05) is 7.05 Å². The number of hydrogen-bond acceptors (Lipinski definition) is 5. The Balaban J connectivity index is 1.94. The minimum Gasteiger partial charge on any atom is -0.444 e. The number of aromatic nitrogens is 3. The van der Waals surface area contributed by atoms with E-state index >= 15 is 0 Å². The number of ether oxygens (including phenoxy) is 1. The molecule has 31 heavy (non-hydrogen) atoms. The second-order valence-corrected chi connectivity index (χ2v) is 9.60. The van der Waals surface area contributed by atoms with Crippen LogP contribution in [0.3, 0.4) is 0 Å². The van der Waals surface area contributed by atoms with E-state index in [0.717, 1.165) is 4.90 Å². The lowest BCUT2D eigenvalue weighted by molar-refractivity contribution is 0.0283. The molecule has 3 rings (SSSR count). The zero-order chi connectivity index (χ0) is 22.8. The van der Waals surface area contributed by atoms with Gasteiger partial charge in [0.25, 0.3) is 0 Å². The molecule has 0 unspecified atom stereocenters. The molecule has 0 aliphatic heterocycles. The van der Waals surface area contributed by atoms with Crippen LogP contribution in [0.5, 0.6) is 0 Å². The van der Waals surface area contributed by atoms with E-state index in [2.05, 4.69) is 10.1 Å². The lowest BCUT2D eigenvalue weighted by atomic mass is 10.2. The Labute approximate surface area is 194 Å². The summed E-state index contributed by atoms with van der Waals surface area (Å²) in [5.74, 6) is -0.588. The number of pyridine rings is 1. The Morgan fingerprint density at radius 1 is 1.26 bits per heavy atom. The van der Waals surface area contributed by atoms with Crippen LogP contribution in [-0.2, 0) is 11.3 Å². The van der Waals surface area contributed by atoms with Crippen molar-refractivity contribution in [2.24, 2.45) is 0 Å². The molecule has 0 bridgehead atoms. The van der Waals surface area contributed by atoms with Crippen molar-refractivity contribution < 1.29 is 13.9 Å². The van der Waals surface area contributed by atoms with Crippen LogP contribution in [0.4, 0.5) is 9.18 Å². The quantitative estimate of drug-likeness (QED) is 0.403. The fraction of sp³-hybridized carbons (Fsp3) is 0.286. The van der Waals surface area contributed by atoms with Crippen LogP contribution in [0.25, 0.3) is 5.69 Å². The molecule has 0 saturated heterocycles. The highest BCUT2D eigenvalue weighted by Gasteiger charge is 2.22. The van der Waals surface area contributed by atoms with E-state index in [4.69, 9.17) is 27.9 Å². The van der Waals surface area contributed by atoms with Gasteiger partial charge in [0.1, 0.15) is 21.5 Å². The number of halogens is 3. The summed E-state index contributed by atoms with van der Waals surface area (Å²) >= 11 is 13.2. The largest absolute Gasteiger partial charge is 0.444 e. The molecule has 0 radical (unpaired) electrons. The van der Waals surface area contributed by atoms with Gasteiger partial charge in [-0.05, 0) is 51.1 Å². The van der Waals surface area contributed by atoms with Crippen LogP contribution >= 0.6 is 35.0 Å². The average Bonchev–Trinajstić information content (AvgIpc) is 3.06. The van der Waals surface area contributed by atoms with Crippen molar-refractivity contribution in [1.29, 1.82) is 0 Å². The summed E-state index contributed by atoms with van der Waals surface area (Å²) in [6.45, 7) is 5.56. The second-order valence-electron chi connectivity index (χ2n) is 7.71. The molecule has 0 N–H and O–H groups in total. The van der Waals surface area contributed by atoms with E-state index in [-0.39, 0.29) is 17.3 Å². The first-order valence-corrected chi connectivity index (χ1v) is 10.9. The highest BCUT2D eigenvalue weighted by atomic mass is 35.5. The molecule has 164 valence electrons. The fourth-order valence-corrected chi connectivity index (χ4v) is 3.76. The molecule has 0 aliphatic carbocycles. The van der Waals surface area contributed by atoms with E-state index in [1.807, 2.05) is 0 Å². The maximum Gasteiger partial charge on any atom is 0.410 e. The van der Waals surface area contributed by atoms with Crippen LogP contribution in [0, 0.1) is 5.82 Å². The van der Waals surface area contributed by atoms with Crippen molar-refractivity contribution in [3.05, 3.63) is 64.3 Å². The maximum atomic E-state index is 14.7. The standard InChI is InChI=1S/C21H21Cl2FN4O2S/c1-21(2,3)30-20(29)27(4)12-13-10-18(31-14-8-9-17(23)25-11-14)28(26-13)16-7-5-6-15(22)19(16)24/h5-11H,12H2,1-4H3. The summed E-state index contributed by atoms with van der Waals surface area (Å²) in [6, 6.07) is 9.95. The monoisotopic (exact) mass is 482 g/mol. The fourth-order valence-electron chi connectivity index (χ4n) is 2.58. The minimum atomic E-state index is -0.614. The Morgan fingerprint density at radius 2 is 2.00 bits per heavy atom. The third-order valence-corrected chi connectivity index (χ3v) is 5.41. The van der Waals surface area contributed by atoms with Crippen molar-refractivity contribution in [2.45, 2.75) is 42.8 Å². The molecule has 2 aromatic heterocycles. The van der Waals surface area contributed by atoms with Crippen molar-refractivity contribution in [3.63, 3.8) is 0 Å². The van der Waals surface area contributed by atoms with Gasteiger partial charge in [-0.1, -0.05) is 41.0 Å². The predicted molar refractivity (Wildman–Crippen MR) is 120 cm³/mol. The number of benzene rings is 1. The third kappa shape index (κ3) is 6.12. The van der Waals surface area contributed by atoms with Crippen LogP contribution in [0.1, 0.15) is 26.5 Å². The predicted octanol–water partition coefficient (Wildman–Crippen LogP) is 6.23. The minimum absolute atomic E-state index is 0.00969. The van der Waals surface area contributed by atoms with Gasteiger partial charge < -0.3 is 9.64 Å². The summed E-state index contributed by atoms with van der Waals surface area (Å²) in [4.78, 5) is 18.6. The number of hydrogen-bond donors (Lipinski definition) is 0. The Kier molecular flexibility index (Phi) is 7.13. The maximum absolute atomic E-state index is 14.7. The van der Waals surface area contributed by atoms with Crippen LogP contribution in [0.2, 0.25) is 10.2 Å². The number of carbonyl (C=O) groups is 1. The molecular formula is C21H21Cl2FN4O2S. The number of carbonyl (C=O) groups excluding carboxylic acids is 1. The summed E-state index contributed by atoms with van der Waals surface area (Å²) in [5.41, 5.74) is 0.136. The molecule has 0 saturated carbocycles. The molecule has 0 fully saturated rings. The van der Waals surface area contributed by atoms with E-state index in [0.29, 0.717) is 15.9 Å². The lowest BCUT2D eigenvalue weighted by Crippen LogP contribution is -2.33. The Hall–Kier alpha value is -2.29. The van der Waals surface area contributed by atoms with Crippen LogP contribution in [0.15, 0.2) is 52.5 Å². The zero-order valence-electron chi connectivity index (χ0n) is 17.4. The topological polar surface area (TPSA) is 60.2 Å². The molecule has 2 heterocycles. The first-order chi connectivity index (χ1) is 14.5. The zero-order valence-corrected chi connectivity index (χ0v) is 19.7. The number of rotatable bonds is 5. The molecule has 1 aromatic carbocycles. The average molecular weight is 483 g/mol. The first-order valence-electron chi connectivity index (χ1n) is 9.30. The Bertz CT molecular complexity index is 1080. The summed E-state index contributed by atoms with van der Waals surface area (Å²) in [7, 11) is 1.61. The van der Waals surface area contributed by atoms with Gasteiger partial charge in [0, 0.05) is 18.1 Å². The van der Waals surface area contributed by atoms with E-state index in [1.54, 1.807) is 64.3 Å². The van der Waals surface area contributed by atoms with Gasteiger partial charge in [-0.15, -0.1) is 0 Å². The van der Waals surface area contributed by atoms with Crippen molar-refractivity contribution in [1.82, 2.24) is 19.7 Å². The highest BCUT2D eigenvalue weighted by Crippen LogP contribution is 2.32. The number of amides is 1. The van der Waals surface area contributed by atoms with Crippen molar-refractivity contribution in [3.8, 4) is 5.69 Å². The third-order valence-electron chi connectivity index (χ3n) is 3.91. The summed E-state index contributed by atoms with van der Waals surface area (Å²) in [6.07, 6.45) is 1.14.